The largest absolute Gasteiger partial charge is 0.449 e. The molecular formula is C23H22N2O5. The molecule has 1 N–H and O–H groups in total. The van der Waals surface area contributed by atoms with Crippen LogP contribution in [-0.2, 0) is 20.7 Å². The Balaban J connectivity index is 1.49. The Morgan fingerprint density at radius 2 is 1.73 bits per heavy atom. The molecule has 0 aliphatic carbocycles. The first kappa shape index (κ1) is 18.8. The lowest BCUT2D eigenvalue weighted by molar-refractivity contribution is -0.128. The fraction of sp³-hybridized carbons (Fsp3) is 0.304. The molecular weight excluding hydrogens is 384 g/mol. The van der Waals surface area contributed by atoms with Crippen LogP contribution >= 0.6 is 0 Å². The predicted octanol–water partition coefficient (Wildman–Crippen LogP) is 3.16. The van der Waals surface area contributed by atoms with Gasteiger partial charge >= 0.3 is 0 Å². The summed E-state index contributed by atoms with van der Waals surface area (Å²) in [5, 5.41) is 3.61. The zero-order valence-electron chi connectivity index (χ0n) is 16.4. The quantitative estimate of drug-likeness (QED) is 0.723. The Kier molecular flexibility index (Phi) is 4.98. The first-order chi connectivity index (χ1) is 14.7. The monoisotopic (exact) mass is 406 g/mol. The van der Waals surface area contributed by atoms with Crippen molar-refractivity contribution in [2.75, 3.05) is 38.2 Å². The normalized spacial score (nSPS) is 18.8. The van der Waals surface area contributed by atoms with Crippen molar-refractivity contribution in [2.24, 2.45) is 0 Å². The number of furan rings is 1. The summed E-state index contributed by atoms with van der Waals surface area (Å²) in [5.74, 6) is -0.435. The maximum atomic E-state index is 13.2. The Morgan fingerprint density at radius 1 is 0.967 bits per heavy atom. The Labute approximate surface area is 173 Å². The third kappa shape index (κ3) is 3.36. The zero-order valence-corrected chi connectivity index (χ0v) is 16.4. The fourth-order valence-corrected chi connectivity index (χ4v) is 4.03. The average molecular weight is 406 g/mol. The summed E-state index contributed by atoms with van der Waals surface area (Å²) in [6.07, 6.45) is 0.0463. The second kappa shape index (κ2) is 7.93. The van der Waals surface area contributed by atoms with Gasteiger partial charge in [0, 0.05) is 18.5 Å². The maximum Gasteiger partial charge on any atom is 0.291 e. The summed E-state index contributed by atoms with van der Waals surface area (Å²) in [7, 11) is 0. The molecule has 0 saturated carbocycles. The van der Waals surface area contributed by atoms with Crippen molar-refractivity contribution in [3.8, 4) is 0 Å². The lowest BCUT2D eigenvalue weighted by atomic mass is 9.97. The molecule has 1 saturated heterocycles. The van der Waals surface area contributed by atoms with Gasteiger partial charge in [-0.05, 0) is 29.7 Å². The molecule has 5 rings (SSSR count). The number of para-hydroxylation sites is 1. The smallest absolute Gasteiger partial charge is 0.291 e. The van der Waals surface area contributed by atoms with Crippen LogP contribution in [0.25, 0.3) is 11.0 Å². The first-order valence-electron chi connectivity index (χ1n) is 10.1. The molecule has 0 bridgehead atoms. The van der Waals surface area contributed by atoms with Gasteiger partial charge in [0.05, 0.1) is 19.8 Å². The third-order valence-corrected chi connectivity index (χ3v) is 5.57. The van der Waals surface area contributed by atoms with E-state index in [2.05, 4.69) is 5.32 Å². The summed E-state index contributed by atoms with van der Waals surface area (Å²) < 4.78 is 17.0. The highest BCUT2D eigenvalue weighted by Gasteiger charge is 2.31. The van der Waals surface area contributed by atoms with E-state index in [9.17, 15) is 9.59 Å². The lowest BCUT2D eigenvalue weighted by Gasteiger charge is -2.27. The summed E-state index contributed by atoms with van der Waals surface area (Å²) >= 11 is 0. The summed E-state index contributed by atoms with van der Waals surface area (Å²) in [6.45, 7) is 2.42. The van der Waals surface area contributed by atoms with E-state index in [1.165, 1.54) is 0 Å². The van der Waals surface area contributed by atoms with Crippen LogP contribution in [0, 0.1) is 0 Å². The molecule has 0 radical (unpaired) electrons. The van der Waals surface area contributed by atoms with Gasteiger partial charge in [0.25, 0.3) is 11.8 Å². The van der Waals surface area contributed by atoms with Gasteiger partial charge in [-0.3, -0.25) is 9.59 Å². The van der Waals surface area contributed by atoms with Gasteiger partial charge in [-0.1, -0.05) is 36.4 Å². The van der Waals surface area contributed by atoms with E-state index in [-0.39, 0.29) is 17.6 Å². The summed E-state index contributed by atoms with van der Waals surface area (Å²) in [5.41, 5.74) is 2.90. The van der Waals surface area contributed by atoms with E-state index in [1.54, 1.807) is 11.0 Å². The number of hydrogen-bond donors (Lipinski definition) is 1. The van der Waals surface area contributed by atoms with Crippen molar-refractivity contribution in [3.63, 3.8) is 0 Å². The minimum Gasteiger partial charge on any atom is -0.449 e. The molecule has 2 amide bonds. The fourth-order valence-electron chi connectivity index (χ4n) is 4.03. The van der Waals surface area contributed by atoms with Crippen LogP contribution in [0.15, 0.2) is 52.9 Å². The topological polar surface area (TPSA) is 81.0 Å². The van der Waals surface area contributed by atoms with Crippen molar-refractivity contribution >= 4 is 28.5 Å². The number of anilines is 1. The van der Waals surface area contributed by atoms with Crippen LogP contribution in [0.4, 0.5) is 5.69 Å². The van der Waals surface area contributed by atoms with Crippen molar-refractivity contribution in [3.05, 3.63) is 65.4 Å². The molecule has 1 fully saturated rings. The standard InChI is InChI=1S/C23H22N2O5/c26-22(20-16-6-2-1-5-15(16)9-12-29-20)24-19-17-7-3-4-8-18(17)30-21(19)23(27)25-10-13-28-14-11-25/h1-8,20H,9-14H2,(H,24,26). The highest BCUT2D eigenvalue weighted by molar-refractivity contribution is 6.11. The van der Waals surface area contributed by atoms with Gasteiger partial charge < -0.3 is 24.1 Å². The number of nitrogens with zero attached hydrogens (tertiary/aromatic N) is 1. The van der Waals surface area contributed by atoms with Gasteiger partial charge in [-0.15, -0.1) is 0 Å². The van der Waals surface area contributed by atoms with Crippen LogP contribution in [0.3, 0.4) is 0 Å². The molecule has 3 heterocycles. The van der Waals surface area contributed by atoms with E-state index in [1.807, 2.05) is 42.5 Å². The molecule has 1 atom stereocenters. The number of ether oxygens (including phenoxy) is 2. The van der Waals surface area contributed by atoms with Crippen molar-refractivity contribution in [2.45, 2.75) is 12.5 Å². The van der Waals surface area contributed by atoms with Gasteiger partial charge in [0.2, 0.25) is 5.76 Å². The summed E-state index contributed by atoms with van der Waals surface area (Å²) in [6, 6.07) is 15.1. The number of morpholine rings is 1. The van der Waals surface area contributed by atoms with E-state index in [0.29, 0.717) is 49.6 Å². The number of amides is 2. The average Bonchev–Trinajstić information content (AvgIpc) is 3.17. The van der Waals surface area contributed by atoms with E-state index in [4.69, 9.17) is 13.9 Å². The molecule has 2 aliphatic heterocycles. The number of carbonyl (C=O) groups is 2. The molecule has 154 valence electrons. The van der Waals surface area contributed by atoms with Crippen LogP contribution in [0.1, 0.15) is 27.8 Å². The highest BCUT2D eigenvalue weighted by atomic mass is 16.5. The molecule has 2 aromatic carbocycles. The van der Waals surface area contributed by atoms with Gasteiger partial charge in [-0.2, -0.15) is 0 Å². The minimum absolute atomic E-state index is 0.135. The third-order valence-electron chi connectivity index (χ3n) is 5.57. The van der Waals surface area contributed by atoms with Crippen molar-refractivity contribution < 1.29 is 23.5 Å². The Morgan fingerprint density at radius 3 is 2.60 bits per heavy atom. The van der Waals surface area contributed by atoms with Crippen LogP contribution < -0.4 is 5.32 Å². The number of benzene rings is 2. The molecule has 0 spiro atoms. The predicted molar refractivity (Wildman–Crippen MR) is 110 cm³/mol. The second-order valence-electron chi connectivity index (χ2n) is 7.40. The van der Waals surface area contributed by atoms with E-state index >= 15 is 0 Å². The zero-order chi connectivity index (χ0) is 20.5. The van der Waals surface area contributed by atoms with Crippen LogP contribution in [0.2, 0.25) is 0 Å². The molecule has 1 unspecified atom stereocenters. The van der Waals surface area contributed by atoms with Crippen LogP contribution in [0.5, 0.6) is 0 Å². The first-order valence-corrected chi connectivity index (χ1v) is 10.1. The maximum absolute atomic E-state index is 13.2. The van der Waals surface area contributed by atoms with E-state index < -0.39 is 6.10 Å². The summed E-state index contributed by atoms with van der Waals surface area (Å²) in [4.78, 5) is 28.0. The second-order valence-corrected chi connectivity index (χ2v) is 7.40. The SMILES string of the molecule is O=C(Nc1c(C(=O)N2CCOCC2)oc2ccccc12)C1OCCc2ccccc21. The lowest BCUT2D eigenvalue weighted by Crippen LogP contribution is -2.41. The molecule has 3 aromatic rings. The number of fused-ring (bicyclic) bond motifs is 2. The van der Waals surface area contributed by atoms with Gasteiger partial charge in [0.1, 0.15) is 11.3 Å². The van der Waals surface area contributed by atoms with Gasteiger partial charge in [0.15, 0.2) is 6.10 Å². The Hall–Kier alpha value is -3.16. The minimum atomic E-state index is -0.727. The molecule has 7 nitrogen and oxygen atoms in total. The number of nitrogens with one attached hydrogen (secondary N) is 1. The number of rotatable bonds is 3. The van der Waals surface area contributed by atoms with Crippen molar-refractivity contribution in [1.29, 1.82) is 0 Å². The molecule has 30 heavy (non-hydrogen) atoms. The number of carbonyl (C=O) groups excluding carboxylic acids is 2. The highest BCUT2D eigenvalue weighted by Crippen LogP contribution is 2.34. The Bertz CT molecular complexity index is 1100. The molecule has 1 aromatic heterocycles. The number of hydrogen-bond acceptors (Lipinski definition) is 5. The van der Waals surface area contributed by atoms with Crippen LogP contribution in [-0.4, -0.2) is 49.6 Å². The molecule has 7 heteroatoms. The van der Waals surface area contributed by atoms with Gasteiger partial charge in [-0.25, -0.2) is 0 Å². The molecule has 2 aliphatic rings. The van der Waals surface area contributed by atoms with Crippen molar-refractivity contribution in [1.82, 2.24) is 4.90 Å². The van der Waals surface area contributed by atoms with E-state index in [0.717, 1.165) is 17.5 Å².